The Morgan fingerprint density at radius 1 is 1.14 bits per heavy atom. The number of aromatic nitrogens is 3. The van der Waals surface area contributed by atoms with Crippen LogP contribution in [0.2, 0.25) is 5.02 Å². The predicted octanol–water partition coefficient (Wildman–Crippen LogP) is 3.89. The summed E-state index contributed by atoms with van der Waals surface area (Å²) in [6.07, 6.45) is 2.29. The SMILES string of the molecule is O=c1[nH]c2ccc(Cl)cc2c(NC[C@@H]2CCCN2)c1-c1nc2ccccc2[nH]1. The number of para-hydroxylation sites is 2. The van der Waals surface area contributed by atoms with Gasteiger partial charge in [0.25, 0.3) is 5.56 Å². The van der Waals surface area contributed by atoms with Crippen LogP contribution in [0.15, 0.2) is 47.3 Å². The number of nitrogens with zero attached hydrogens (tertiary/aromatic N) is 1. The van der Waals surface area contributed by atoms with Gasteiger partial charge in [0.05, 0.1) is 22.2 Å². The van der Waals surface area contributed by atoms with Gasteiger partial charge in [0.15, 0.2) is 0 Å². The second-order valence-corrected chi connectivity index (χ2v) is 7.61. The van der Waals surface area contributed by atoms with Crippen molar-refractivity contribution in [1.29, 1.82) is 0 Å². The van der Waals surface area contributed by atoms with Crippen molar-refractivity contribution in [3.05, 3.63) is 57.8 Å². The molecule has 1 aliphatic heterocycles. The average Bonchev–Trinajstić information content (AvgIpc) is 3.35. The molecule has 4 N–H and O–H groups in total. The van der Waals surface area contributed by atoms with Gasteiger partial charge in [0.2, 0.25) is 0 Å². The molecule has 0 saturated carbocycles. The Kier molecular flexibility index (Phi) is 4.30. The highest BCUT2D eigenvalue weighted by molar-refractivity contribution is 6.31. The summed E-state index contributed by atoms with van der Waals surface area (Å²) in [6, 6.07) is 13.6. The summed E-state index contributed by atoms with van der Waals surface area (Å²) in [4.78, 5) is 23.9. The molecule has 2 aromatic carbocycles. The van der Waals surface area contributed by atoms with Crippen LogP contribution < -0.4 is 16.2 Å². The van der Waals surface area contributed by atoms with Crippen LogP contribution in [0.5, 0.6) is 0 Å². The van der Waals surface area contributed by atoms with E-state index >= 15 is 0 Å². The molecule has 5 rings (SSSR count). The van der Waals surface area contributed by atoms with Crippen molar-refractivity contribution in [3.63, 3.8) is 0 Å². The van der Waals surface area contributed by atoms with E-state index in [2.05, 4.69) is 25.6 Å². The minimum atomic E-state index is -0.184. The van der Waals surface area contributed by atoms with E-state index in [1.54, 1.807) is 6.07 Å². The zero-order valence-corrected chi connectivity index (χ0v) is 15.9. The molecule has 1 aliphatic rings. The van der Waals surface area contributed by atoms with Crippen LogP contribution in [0.3, 0.4) is 0 Å². The molecule has 1 fully saturated rings. The molecule has 1 atom stereocenters. The number of anilines is 1. The smallest absolute Gasteiger partial charge is 0.261 e. The maximum absolute atomic E-state index is 13.0. The van der Waals surface area contributed by atoms with E-state index in [4.69, 9.17) is 11.6 Å². The monoisotopic (exact) mass is 393 g/mol. The van der Waals surface area contributed by atoms with Crippen LogP contribution in [-0.2, 0) is 0 Å². The minimum absolute atomic E-state index is 0.184. The number of aromatic amines is 2. The predicted molar refractivity (Wildman–Crippen MR) is 114 cm³/mol. The van der Waals surface area contributed by atoms with Gasteiger partial charge in [-0.1, -0.05) is 23.7 Å². The van der Waals surface area contributed by atoms with Crippen LogP contribution in [0.1, 0.15) is 12.8 Å². The van der Waals surface area contributed by atoms with E-state index in [1.165, 1.54) is 6.42 Å². The zero-order valence-electron chi connectivity index (χ0n) is 15.2. The molecule has 2 aromatic heterocycles. The molecule has 3 heterocycles. The fourth-order valence-corrected chi connectivity index (χ4v) is 4.07. The molecular weight excluding hydrogens is 374 g/mol. The van der Waals surface area contributed by atoms with Crippen molar-refractivity contribution in [3.8, 4) is 11.4 Å². The summed E-state index contributed by atoms with van der Waals surface area (Å²) in [7, 11) is 0. The number of hydrogen-bond acceptors (Lipinski definition) is 4. The van der Waals surface area contributed by atoms with Crippen LogP contribution in [0.4, 0.5) is 5.69 Å². The summed E-state index contributed by atoms with van der Waals surface area (Å²) in [6.45, 7) is 1.77. The zero-order chi connectivity index (χ0) is 19.1. The molecule has 0 bridgehead atoms. The molecule has 4 aromatic rings. The molecule has 0 spiro atoms. The van der Waals surface area contributed by atoms with Gasteiger partial charge < -0.3 is 20.6 Å². The molecular formula is C21H20ClN5O. The summed E-state index contributed by atoms with van der Waals surface area (Å²) >= 11 is 6.26. The number of hydrogen-bond donors (Lipinski definition) is 4. The first-order valence-electron chi connectivity index (χ1n) is 9.47. The summed E-state index contributed by atoms with van der Waals surface area (Å²) in [5.41, 5.74) is 3.54. The fraction of sp³-hybridized carbons (Fsp3) is 0.238. The first kappa shape index (κ1) is 17.3. The van der Waals surface area contributed by atoms with Crippen molar-refractivity contribution in [2.24, 2.45) is 0 Å². The van der Waals surface area contributed by atoms with Gasteiger partial charge in [-0.15, -0.1) is 0 Å². The van der Waals surface area contributed by atoms with E-state index in [9.17, 15) is 4.79 Å². The van der Waals surface area contributed by atoms with Gasteiger partial charge in [-0.25, -0.2) is 4.98 Å². The Bertz CT molecular complexity index is 1190. The van der Waals surface area contributed by atoms with E-state index in [1.807, 2.05) is 36.4 Å². The lowest BCUT2D eigenvalue weighted by Crippen LogP contribution is -2.30. The number of halogens is 1. The second-order valence-electron chi connectivity index (χ2n) is 7.17. The number of pyridine rings is 1. The Labute approximate surface area is 166 Å². The average molecular weight is 394 g/mol. The molecule has 0 unspecified atom stereocenters. The quantitative estimate of drug-likeness (QED) is 0.423. The Morgan fingerprint density at radius 3 is 2.86 bits per heavy atom. The van der Waals surface area contributed by atoms with Crippen molar-refractivity contribution in [2.75, 3.05) is 18.4 Å². The van der Waals surface area contributed by atoms with Crippen molar-refractivity contribution >= 4 is 39.2 Å². The highest BCUT2D eigenvalue weighted by Crippen LogP contribution is 2.32. The van der Waals surface area contributed by atoms with E-state index < -0.39 is 0 Å². The number of benzene rings is 2. The Morgan fingerprint density at radius 2 is 2.04 bits per heavy atom. The summed E-state index contributed by atoms with van der Waals surface area (Å²) < 4.78 is 0. The molecule has 1 saturated heterocycles. The van der Waals surface area contributed by atoms with Gasteiger partial charge in [-0.05, 0) is 49.7 Å². The van der Waals surface area contributed by atoms with Crippen LogP contribution in [-0.4, -0.2) is 34.1 Å². The third kappa shape index (κ3) is 3.04. The minimum Gasteiger partial charge on any atom is -0.382 e. The van der Waals surface area contributed by atoms with Crippen molar-refractivity contribution < 1.29 is 0 Å². The third-order valence-electron chi connectivity index (χ3n) is 5.29. The second kappa shape index (κ2) is 6.96. The summed E-state index contributed by atoms with van der Waals surface area (Å²) in [5.74, 6) is 0.547. The number of fused-ring (bicyclic) bond motifs is 2. The lowest BCUT2D eigenvalue weighted by Gasteiger charge is -2.17. The molecule has 7 heteroatoms. The van der Waals surface area contributed by atoms with Crippen LogP contribution in [0, 0.1) is 0 Å². The Balaban J connectivity index is 1.70. The van der Waals surface area contributed by atoms with Gasteiger partial charge in [0.1, 0.15) is 11.4 Å². The van der Waals surface area contributed by atoms with Crippen LogP contribution >= 0.6 is 11.6 Å². The molecule has 0 aliphatic carbocycles. The summed E-state index contributed by atoms with van der Waals surface area (Å²) in [5, 5.41) is 8.49. The molecule has 0 amide bonds. The van der Waals surface area contributed by atoms with Gasteiger partial charge in [-0.2, -0.15) is 0 Å². The third-order valence-corrected chi connectivity index (χ3v) is 5.53. The normalized spacial score (nSPS) is 16.8. The molecule has 0 radical (unpaired) electrons. The van der Waals surface area contributed by atoms with Crippen molar-refractivity contribution in [2.45, 2.75) is 18.9 Å². The van der Waals surface area contributed by atoms with Gasteiger partial charge in [0, 0.05) is 23.0 Å². The van der Waals surface area contributed by atoms with Gasteiger partial charge in [-0.3, -0.25) is 4.79 Å². The Hall–Kier alpha value is -2.83. The molecule has 28 heavy (non-hydrogen) atoms. The van der Waals surface area contributed by atoms with Gasteiger partial charge >= 0.3 is 0 Å². The standard InChI is InChI=1S/C21H20ClN5O/c22-12-7-8-15-14(10-12)19(24-11-13-4-3-9-23-13)18(21(28)27-15)20-25-16-5-1-2-6-17(16)26-20/h1-2,5-8,10,13,23H,3-4,9,11H2,(H,25,26)(H2,24,27,28)/t13-/m0/s1. The van der Waals surface area contributed by atoms with E-state index in [0.717, 1.165) is 47.1 Å². The lowest BCUT2D eigenvalue weighted by molar-refractivity contribution is 0.634. The first-order valence-corrected chi connectivity index (χ1v) is 9.85. The number of imidazole rings is 1. The van der Waals surface area contributed by atoms with E-state index in [0.29, 0.717) is 22.5 Å². The number of H-pyrrole nitrogens is 2. The molecule has 142 valence electrons. The lowest BCUT2D eigenvalue weighted by atomic mass is 10.1. The largest absolute Gasteiger partial charge is 0.382 e. The van der Waals surface area contributed by atoms with Crippen molar-refractivity contribution in [1.82, 2.24) is 20.3 Å². The highest BCUT2D eigenvalue weighted by atomic mass is 35.5. The van der Waals surface area contributed by atoms with Crippen LogP contribution in [0.25, 0.3) is 33.3 Å². The maximum Gasteiger partial charge on any atom is 0.261 e. The number of rotatable bonds is 4. The maximum atomic E-state index is 13.0. The highest BCUT2D eigenvalue weighted by Gasteiger charge is 2.20. The topological polar surface area (TPSA) is 85.6 Å². The fourth-order valence-electron chi connectivity index (χ4n) is 3.90. The molecule has 6 nitrogen and oxygen atoms in total. The first-order chi connectivity index (χ1) is 13.7. The number of nitrogens with one attached hydrogen (secondary N) is 4. The van der Waals surface area contributed by atoms with E-state index in [-0.39, 0.29) is 5.56 Å².